The van der Waals surface area contributed by atoms with Gasteiger partial charge in [0.05, 0.1) is 10.9 Å². The van der Waals surface area contributed by atoms with E-state index in [1.54, 1.807) is 0 Å². The lowest BCUT2D eigenvalue weighted by molar-refractivity contribution is -0.125. The Morgan fingerprint density at radius 1 is 1.25 bits per heavy atom. The molecule has 84 valence electrons. The van der Waals surface area contributed by atoms with E-state index in [0.717, 1.165) is 6.07 Å². The molecule has 0 spiro atoms. The summed E-state index contributed by atoms with van der Waals surface area (Å²) < 4.78 is 13.2. The Kier molecular flexibility index (Phi) is 2.86. The maximum Gasteiger partial charge on any atom is 0.245 e. The van der Waals surface area contributed by atoms with Crippen LogP contribution in [0.5, 0.6) is 0 Å². The monoisotopic (exact) mass is 261 g/mol. The average molecular weight is 262 g/mol. The minimum atomic E-state index is -1.01. The minimum absolute atomic E-state index is 0.0420. The minimum Gasteiger partial charge on any atom is -0.295 e. The van der Waals surface area contributed by atoms with E-state index in [-0.39, 0.29) is 5.02 Å². The van der Waals surface area contributed by atoms with Crippen molar-refractivity contribution in [3.63, 3.8) is 0 Å². The first kappa shape index (κ1) is 11.4. The molecule has 1 heterocycles. The molecule has 1 aliphatic heterocycles. The zero-order chi connectivity index (χ0) is 11.9. The van der Waals surface area contributed by atoms with Crippen LogP contribution in [0.4, 0.5) is 4.39 Å². The van der Waals surface area contributed by atoms with Gasteiger partial charge in [-0.2, -0.15) is 0 Å². The van der Waals surface area contributed by atoms with Gasteiger partial charge in [-0.15, -0.1) is 11.6 Å². The molecule has 0 radical (unpaired) electrons. The van der Waals surface area contributed by atoms with E-state index in [4.69, 9.17) is 23.2 Å². The molecule has 6 heteroatoms. The van der Waals surface area contributed by atoms with E-state index in [0.29, 0.717) is 5.56 Å². The summed E-state index contributed by atoms with van der Waals surface area (Å²) in [5, 5.41) is 1.04. The summed E-state index contributed by atoms with van der Waals surface area (Å²) >= 11 is 11.3. The molecule has 2 amide bonds. The summed E-state index contributed by atoms with van der Waals surface area (Å²) in [6, 6.07) is 3.91. The summed E-state index contributed by atoms with van der Waals surface area (Å²) in [7, 11) is 0. The number of carbonyl (C=O) groups excluding carboxylic acids is 2. The van der Waals surface area contributed by atoms with Gasteiger partial charge in [-0.05, 0) is 17.7 Å². The van der Waals surface area contributed by atoms with Crippen molar-refractivity contribution in [3.05, 3.63) is 34.6 Å². The van der Waals surface area contributed by atoms with Crippen LogP contribution in [0.15, 0.2) is 18.2 Å². The highest BCUT2D eigenvalue weighted by atomic mass is 35.5. The lowest BCUT2D eigenvalue weighted by Gasteiger charge is -2.10. The second-order valence-corrected chi connectivity index (χ2v) is 4.28. The van der Waals surface area contributed by atoms with Gasteiger partial charge < -0.3 is 0 Å². The van der Waals surface area contributed by atoms with E-state index in [9.17, 15) is 14.0 Å². The Morgan fingerprint density at radius 2 is 1.94 bits per heavy atom. The summed E-state index contributed by atoms with van der Waals surface area (Å²) in [5.74, 6) is -2.59. The Balaban J connectivity index is 2.40. The van der Waals surface area contributed by atoms with Crippen molar-refractivity contribution in [2.24, 2.45) is 0 Å². The Bertz CT molecular complexity index is 478. The lowest BCUT2D eigenvalue weighted by atomic mass is 9.97. The fourth-order valence-electron chi connectivity index (χ4n) is 1.58. The molecule has 1 saturated heterocycles. The number of amides is 2. The predicted octanol–water partition coefficient (Wildman–Crippen LogP) is 1.83. The van der Waals surface area contributed by atoms with Crippen LogP contribution in [-0.4, -0.2) is 17.2 Å². The van der Waals surface area contributed by atoms with Gasteiger partial charge in [0.2, 0.25) is 11.8 Å². The molecular weight excluding hydrogens is 256 g/mol. The maximum atomic E-state index is 13.2. The highest BCUT2D eigenvalue weighted by Gasteiger charge is 2.41. The third-order valence-corrected chi connectivity index (χ3v) is 3.13. The topological polar surface area (TPSA) is 46.2 Å². The van der Waals surface area contributed by atoms with E-state index < -0.39 is 28.9 Å². The van der Waals surface area contributed by atoms with Crippen LogP contribution < -0.4 is 5.32 Å². The van der Waals surface area contributed by atoms with Gasteiger partial charge >= 0.3 is 0 Å². The third-order valence-electron chi connectivity index (χ3n) is 2.37. The molecule has 2 rings (SSSR count). The molecule has 0 aromatic heterocycles. The maximum absolute atomic E-state index is 13.2. The van der Waals surface area contributed by atoms with E-state index in [1.165, 1.54) is 12.1 Å². The number of hydrogen-bond donors (Lipinski definition) is 1. The number of benzene rings is 1. The molecule has 1 N–H and O–H groups in total. The first-order valence-electron chi connectivity index (χ1n) is 4.44. The number of nitrogens with one attached hydrogen (secondary N) is 1. The van der Waals surface area contributed by atoms with Gasteiger partial charge in [0.1, 0.15) is 11.2 Å². The number of carbonyl (C=O) groups is 2. The molecule has 1 aliphatic rings. The van der Waals surface area contributed by atoms with Crippen molar-refractivity contribution in [3.8, 4) is 0 Å². The van der Waals surface area contributed by atoms with Crippen molar-refractivity contribution in [1.82, 2.24) is 5.32 Å². The molecular formula is C10H6Cl2FNO2. The molecule has 1 aromatic rings. The second kappa shape index (κ2) is 4.03. The van der Waals surface area contributed by atoms with Gasteiger partial charge in [-0.3, -0.25) is 14.9 Å². The summed E-state index contributed by atoms with van der Waals surface area (Å²) in [6.07, 6.45) is 0. The Morgan fingerprint density at radius 3 is 2.44 bits per heavy atom. The normalized spacial score (nSPS) is 24.7. The quantitative estimate of drug-likeness (QED) is 0.620. The van der Waals surface area contributed by atoms with Crippen LogP contribution in [0.3, 0.4) is 0 Å². The molecule has 1 fully saturated rings. The first-order chi connectivity index (χ1) is 7.50. The molecule has 3 nitrogen and oxygen atoms in total. The van der Waals surface area contributed by atoms with Crippen LogP contribution in [-0.2, 0) is 9.59 Å². The van der Waals surface area contributed by atoms with Crippen molar-refractivity contribution in [2.75, 3.05) is 0 Å². The van der Waals surface area contributed by atoms with Crippen LogP contribution in [0, 0.1) is 5.82 Å². The van der Waals surface area contributed by atoms with Gasteiger partial charge in [-0.25, -0.2) is 4.39 Å². The Hall–Kier alpha value is -1.13. The van der Waals surface area contributed by atoms with Crippen molar-refractivity contribution < 1.29 is 14.0 Å². The zero-order valence-electron chi connectivity index (χ0n) is 7.84. The van der Waals surface area contributed by atoms with E-state index in [2.05, 4.69) is 5.32 Å². The number of rotatable bonds is 1. The number of alkyl halides is 1. The number of imide groups is 1. The van der Waals surface area contributed by atoms with Crippen molar-refractivity contribution >= 4 is 35.0 Å². The lowest BCUT2D eigenvalue weighted by Crippen LogP contribution is -2.22. The number of hydrogen-bond acceptors (Lipinski definition) is 2. The second-order valence-electron chi connectivity index (χ2n) is 3.41. The van der Waals surface area contributed by atoms with Gasteiger partial charge in [0.15, 0.2) is 0 Å². The molecule has 1 aromatic carbocycles. The average Bonchev–Trinajstić information content (AvgIpc) is 2.47. The fraction of sp³-hybridized carbons (Fsp3) is 0.200. The molecule has 0 saturated carbocycles. The van der Waals surface area contributed by atoms with Crippen molar-refractivity contribution in [1.29, 1.82) is 0 Å². The third kappa shape index (κ3) is 1.79. The molecule has 2 unspecified atom stereocenters. The van der Waals surface area contributed by atoms with Crippen LogP contribution in [0.1, 0.15) is 11.5 Å². The smallest absolute Gasteiger partial charge is 0.245 e. The standard InChI is InChI=1S/C10H6Cl2FNO2/c11-5-2-1-4(3-6(5)13)7-8(12)10(16)14-9(7)15/h1-3,7-8H,(H,14,15,16). The highest BCUT2D eigenvalue weighted by Crippen LogP contribution is 2.30. The van der Waals surface area contributed by atoms with Crippen LogP contribution in [0.2, 0.25) is 5.02 Å². The summed E-state index contributed by atoms with van der Waals surface area (Å²) in [5.41, 5.74) is 0.338. The summed E-state index contributed by atoms with van der Waals surface area (Å²) in [6.45, 7) is 0. The van der Waals surface area contributed by atoms with Gasteiger partial charge in [0.25, 0.3) is 0 Å². The van der Waals surface area contributed by atoms with Crippen LogP contribution >= 0.6 is 23.2 Å². The van der Waals surface area contributed by atoms with Gasteiger partial charge in [-0.1, -0.05) is 17.7 Å². The Labute approximate surface area is 101 Å². The van der Waals surface area contributed by atoms with E-state index in [1.807, 2.05) is 0 Å². The fourth-order valence-corrected chi connectivity index (χ4v) is 2.01. The van der Waals surface area contributed by atoms with E-state index >= 15 is 0 Å². The van der Waals surface area contributed by atoms with Gasteiger partial charge in [0, 0.05) is 0 Å². The SMILES string of the molecule is O=C1NC(=O)C(c2ccc(Cl)c(F)c2)C1Cl. The first-order valence-corrected chi connectivity index (χ1v) is 5.26. The largest absolute Gasteiger partial charge is 0.295 e. The van der Waals surface area contributed by atoms with Crippen LogP contribution in [0.25, 0.3) is 0 Å². The highest BCUT2D eigenvalue weighted by molar-refractivity contribution is 6.37. The molecule has 16 heavy (non-hydrogen) atoms. The zero-order valence-corrected chi connectivity index (χ0v) is 9.35. The molecule has 0 aliphatic carbocycles. The molecule has 0 bridgehead atoms. The summed E-state index contributed by atoms with van der Waals surface area (Å²) in [4.78, 5) is 22.6. The molecule has 2 atom stereocenters. The van der Waals surface area contributed by atoms with Crippen molar-refractivity contribution in [2.45, 2.75) is 11.3 Å². The number of halogens is 3. The predicted molar refractivity (Wildman–Crippen MR) is 56.9 cm³/mol.